The molecule has 0 aromatic carbocycles. The lowest BCUT2D eigenvalue weighted by Crippen LogP contribution is -2.32. The Morgan fingerprint density at radius 3 is 2.94 bits per heavy atom. The van der Waals surface area contributed by atoms with E-state index in [1.807, 2.05) is 12.3 Å². The molecule has 0 fully saturated rings. The lowest BCUT2D eigenvalue weighted by molar-refractivity contribution is 0.0621. The van der Waals surface area contributed by atoms with Crippen molar-refractivity contribution in [1.29, 1.82) is 0 Å². The molecule has 1 aromatic heterocycles. The van der Waals surface area contributed by atoms with Gasteiger partial charge in [-0.1, -0.05) is 13.8 Å². The van der Waals surface area contributed by atoms with Crippen LogP contribution in [0.5, 0.6) is 0 Å². The number of carbonyl (C=O) groups is 1. The first-order valence-electron chi connectivity index (χ1n) is 6.51. The van der Waals surface area contributed by atoms with Crippen molar-refractivity contribution in [2.24, 2.45) is 0 Å². The number of aromatic nitrogens is 1. The van der Waals surface area contributed by atoms with Gasteiger partial charge < -0.3 is 10.1 Å². The van der Waals surface area contributed by atoms with Crippen molar-refractivity contribution < 1.29 is 9.53 Å². The molecule has 0 aliphatic rings. The number of carbonyl (C=O) groups excluding carboxylic acids is 1. The fraction of sp³-hybridized carbons (Fsp3) is 0.692. The first-order chi connectivity index (χ1) is 8.67. The maximum Gasteiger partial charge on any atom is 0.270 e. The number of rotatable bonds is 8. The maximum absolute atomic E-state index is 11.8. The Hall–Kier alpha value is -0.940. The molecule has 1 rings (SSSR count). The topological polar surface area (TPSA) is 51.2 Å². The molecular formula is C13H22N2O2S. The zero-order valence-corrected chi connectivity index (χ0v) is 12.2. The number of thiazole rings is 1. The number of amides is 1. The third kappa shape index (κ3) is 5.14. The predicted octanol–water partition coefficient (Wildman–Crippen LogP) is 2.64. The molecule has 1 atom stereocenters. The van der Waals surface area contributed by atoms with Gasteiger partial charge in [0.05, 0.1) is 11.1 Å². The van der Waals surface area contributed by atoms with E-state index in [0.717, 1.165) is 30.9 Å². The zero-order valence-electron chi connectivity index (χ0n) is 11.4. The molecule has 0 spiro atoms. The highest BCUT2D eigenvalue weighted by Crippen LogP contribution is 2.11. The minimum absolute atomic E-state index is 0.0441. The van der Waals surface area contributed by atoms with Gasteiger partial charge >= 0.3 is 0 Å². The summed E-state index contributed by atoms with van der Waals surface area (Å²) in [4.78, 5) is 16.1. The Kier molecular flexibility index (Phi) is 6.90. The van der Waals surface area contributed by atoms with Gasteiger partial charge in [0.1, 0.15) is 5.69 Å². The van der Waals surface area contributed by atoms with E-state index in [2.05, 4.69) is 24.1 Å². The number of hydrogen-bond donors (Lipinski definition) is 1. The van der Waals surface area contributed by atoms with Gasteiger partial charge in [0, 0.05) is 18.5 Å². The maximum atomic E-state index is 11.8. The third-order valence-electron chi connectivity index (χ3n) is 2.40. The van der Waals surface area contributed by atoms with Gasteiger partial charge in [-0.2, -0.15) is 0 Å². The highest BCUT2D eigenvalue weighted by molar-refractivity contribution is 7.09. The molecular weight excluding hydrogens is 248 g/mol. The Morgan fingerprint density at radius 1 is 1.50 bits per heavy atom. The highest BCUT2D eigenvalue weighted by atomic mass is 32.1. The van der Waals surface area contributed by atoms with Gasteiger partial charge in [0.25, 0.3) is 5.91 Å². The van der Waals surface area contributed by atoms with Crippen molar-refractivity contribution in [2.75, 3.05) is 13.2 Å². The number of hydrogen-bond acceptors (Lipinski definition) is 4. The SMILES string of the molecule is CCCO[C@@H](C)CNC(=O)c1csc(CCC)n1. The molecule has 1 aromatic rings. The van der Waals surface area contributed by atoms with Gasteiger partial charge in [-0.15, -0.1) is 11.3 Å². The summed E-state index contributed by atoms with van der Waals surface area (Å²) in [5.74, 6) is -0.111. The number of nitrogens with zero attached hydrogens (tertiary/aromatic N) is 1. The molecule has 4 nitrogen and oxygen atoms in total. The summed E-state index contributed by atoms with van der Waals surface area (Å²) in [7, 11) is 0. The molecule has 0 radical (unpaired) electrons. The summed E-state index contributed by atoms with van der Waals surface area (Å²) in [5.41, 5.74) is 0.520. The Labute approximate surface area is 113 Å². The normalized spacial score (nSPS) is 12.4. The first kappa shape index (κ1) is 15.1. The lowest BCUT2D eigenvalue weighted by atomic mass is 10.3. The second kappa shape index (κ2) is 8.21. The van der Waals surface area contributed by atoms with Crippen LogP contribution >= 0.6 is 11.3 Å². The van der Waals surface area contributed by atoms with E-state index in [1.165, 1.54) is 0 Å². The molecule has 5 heteroatoms. The van der Waals surface area contributed by atoms with E-state index >= 15 is 0 Å². The van der Waals surface area contributed by atoms with Crippen LogP contribution in [-0.2, 0) is 11.2 Å². The smallest absolute Gasteiger partial charge is 0.270 e. The molecule has 0 aliphatic carbocycles. The predicted molar refractivity (Wildman–Crippen MR) is 74.1 cm³/mol. The van der Waals surface area contributed by atoms with E-state index in [4.69, 9.17) is 4.74 Å². The van der Waals surface area contributed by atoms with E-state index < -0.39 is 0 Å². The quantitative estimate of drug-likeness (QED) is 0.790. The summed E-state index contributed by atoms with van der Waals surface area (Å²) >= 11 is 1.55. The van der Waals surface area contributed by atoms with E-state index in [1.54, 1.807) is 11.3 Å². The Bertz CT molecular complexity index is 366. The van der Waals surface area contributed by atoms with Gasteiger partial charge in [0.15, 0.2) is 0 Å². The van der Waals surface area contributed by atoms with Crippen molar-refractivity contribution in [3.63, 3.8) is 0 Å². The van der Waals surface area contributed by atoms with Crippen molar-refractivity contribution in [1.82, 2.24) is 10.3 Å². The van der Waals surface area contributed by atoms with Crippen molar-refractivity contribution in [3.05, 3.63) is 16.1 Å². The minimum atomic E-state index is -0.111. The van der Waals surface area contributed by atoms with E-state index in [0.29, 0.717) is 12.2 Å². The van der Waals surface area contributed by atoms with Crippen molar-refractivity contribution >= 4 is 17.2 Å². The van der Waals surface area contributed by atoms with Crippen molar-refractivity contribution in [2.45, 2.75) is 46.1 Å². The number of ether oxygens (including phenoxy) is 1. The average molecular weight is 270 g/mol. The molecule has 1 heterocycles. The van der Waals surface area contributed by atoms with Gasteiger partial charge in [-0.3, -0.25) is 4.79 Å². The summed E-state index contributed by atoms with van der Waals surface area (Å²) in [6.45, 7) is 7.39. The van der Waals surface area contributed by atoms with Crippen LogP contribution in [0.1, 0.15) is 49.1 Å². The summed E-state index contributed by atoms with van der Waals surface area (Å²) in [6, 6.07) is 0. The van der Waals surface area contributed by atoms with Crippen LogP contribution in [0.25, 0.3) is 0 Å². The van der Waals surface area contributed by atoms with Gasteiger partial charge in [0.2, 0.25) is 0 Å². The fourth-order valence-electron chi connectivity index (χ4n) is 1.45. The van der Waals surface area contributed by atoms with Gasteiger partial charge in [-0.05, 0) is 26.2 Å². The molecule has 0 saturated heterocycles. The standard InChI is InChI=1S/C13H22N2O2S/c1-4-6-12-15-11(9-18-12)13(16)14-8-10(3)17-7-5-2/h9-10H,4-8H2,1-3H3,(H,14,16)/t10-/m0/s1. The zero-order chi connectivity index (χ0) is 13.4. The van der Waals surface area contributed by atoms with Crippen molar-refractivity contribution in [3.8, 4) is 0 Å². The highest BCUT2D eigenvalue weighted by Gasteiger charge is 2.11. The number of aryl methyl sites for hydroxylation is 1. The molecule has 0 saturated carbocycles. The average Bonchev–Trinajstić information content (AvgIpc) is 2.82. The van der Waals surface area contributed by atoms with E-state index in [-0.39, 0.29) is 12.0 Å². The summed E-state index contributed by atoms with van der Waals surface area (Å²) in [5, 5.41) is 5.69. The molecule has 0 unspecified atom stereocenters. The van der Waals surface area contributed by atoms with E-state index in [9.17, 15) is 4.79 Å². The molecule has 1 N–H and O–H groups in total. The Morgan fingerprint density at radius 2 is 2.28 bits per heavy atom. The fourth-order valence-corrected chi connectivity index (χ4v) is 2.33. The third-order valence-corrected chi connectivity index (χ3v) is 3.31. The minimum Gasteiger partial charge on any atom is -0.377 e. The molecule has 18 heavy (non-hydrogen) atoms. The Balaban J connectivity index is 2.35. The van der Waals surface area contributed by atoms with Crippen LogP contribution in [0.4, 0.5) is 0 Å². The summed E-state index contributed by atoms with van der Waals surface area (Å²) in [6.07, 6.45) is 3.03. The van der Waals surface area contributed by atoms with Crippen LogP contribution in [-0.4, -0.2) is 30.1 Å². The van der Waals surface area contributed by atoms with Crippen LogP contribution < -0.4 is 5.32 Å². The van der Waals surface area contributed by atoms with Gasteiger partial charge in [-0.25, -0.2) is 4.98 Å². The van der Waals surface area contributed by atoms with Crippen LogP contribution in [0.15, 0.2) is 5.38 Å². The first-order valence-corrected chi connectivity index (χ1v) is 7.39. The molecule has 102 valence electrons. The molecule has 1 amide bonds. The van der Waals surface area contributed by atoms with Crippen LogP contribution in [0, 0.1) is 0 Å². The van der Waals surface area contributed by atoms with Crippen LogP contribution in [0.3, 0.4) is 0 Å². The second-order valence-electron chi connectivity index (χ2n) is 4.27. The monoisotopic (exact) mass is 270 g/mol. The number of nitrogens with one attached hydrogen (secondary N) is 1. The molecule has 0 aliphatic heterocycles. The summed E-state index contributed by atoms with van der Waals surface area (Å²) < 4.78 is 5.49. The van der Waals surface area contributed by atoms with Crippen LogP contribution in [0.2, 0.25) is 0 Å². The second-order valence-corrected chi connectivity index (χ2v) is 5.21. The molecule has 0 bridgehead atoms. The lowest BCUT2D eigenvalue weighted by Gasteiger charge is -2.12. The largest absolute Gasteiger partial charge is 0.377 e.